The number of thioether (sulfide) groups is 1. The molecule has 5 rings (SSSR count). The van der Waals surface area contributed by atoms with Crippen molar-refractivity contribution in [1.29, 1.82) is 0 Å². The van der Waals surface area contributed by atoms with Gasteiger partial charge in [0.2, 0.25) is 0 Å². The van der Waals surface area contributed by atoms with E-state index in [1.807, 2.05) is 67.8 Å². The number of pyridine rings is 1. The van der Waals surface area contributed by atoms with E-state index in [4.69, 9.17) is 9.47 Å². The van der Waals surface area contributed by atoms with Gasteiger partial charge in [-0.3, -0.25) is 9.78 Å². The third kappa shape index (κ3) is 4.68. The number of aryl methyl sites for hydroxylation is 1. The number of ether oxygens (including phenoxy) is 2. The highest BCUT2D eigenvalue weighted by Gasteiger charge is 2.24. The summed E-state index contributed by atoms with van der Waals surface area (Å²) in [6.45, 7) is 7.85. The Hall–Kier alpha value is -3.59. The Morgan fingerprint density at radius 2 is 1.86 bits per heavy atom. The standard InChI is InChI=1S/C26H27N5O3S/c1-4-30-25(19-9-11-27-12-10-19)28-29-26(30)35-16-22(32)21-13-17(2)31(18(21)3)14-20-15-33-23-7-5-6-8-24(23)34-20/h5-13,20H,4,14-16H2,1-3H3/t20-/m0/s1. The normalized spacial score (nSPS) is 14.8. The molecule has 4 aromatic rings. The molecule has 0 saturated heterocycles. The molecule has 0 fully saturated rings. The van der Waals surface area contributed by atoms with Gasteiger partial charge in [-0.05, 0) is 51.1 Å². The molecule has 3 aromatic heterocycles. The average molecular weight is 490 g/mol. The molecule has 180 valence electrons. The van der Waals surface area contributed by atoms with Crippen molar-refractivity contribution in [2.75, 3.05) is 12.4 Å². The van der Waals surface area contributed by atoms with Crippen LogP contribution in [0.3, 0.4) is 0 Å². The van der Waals surface area contributed by atoms with Crippen molar-refractivity contribution in [2.24, 2.45) is 0 Å². The second-order valence-electron chi connectivity index (χ2n) is 8.39. The Labute approximate surface area is 208 Å². The second-order valence-corrected chi connectivity index (χ2v) is 9.33. The molecule has 9 heteroatoms. The molecular weight excluding hydrogens is 462 g/mol. The molecule has 0 aliphatic carbocycles. The van der Waals surface area contributed by atoms with Crippen molar-refractivity contribution in [3.63, 3.8) is 0 Å². The number of fused-ring (bicyclic) bond motifs is 1. The Kier molecular flexibility index (Phi) is 6.59. The van der Waals surface area contributed by atoms with Gasteiger partial charge >= 0.3 is 0 Å². The van der Waals surface area contributed by atoms with Gasteiger partial charge in [-0.25, -0.2) is 0 Å². The smallest absolute Gasteiger partial charge is 0.191 e. The van der Waals surface area contributed by atoms with Crippen LogP contribution in [0.1, 0.15) is 28.7 Å². The fraction of sp³-hybridized carbons (Fsp3) is 0.308. The van der Waals surface area contributed by atoms with Crippen LogP contribution in [-0.2, 0) is 13.1 Å². The highest BCUT2D eigenvalue weighted by Crippen LogP contribution is 2.32. The lowest BCUT2D eigenvalue weighted by atomic mass is 10.2. The summed E-state index contributed by atoms with van der Waals surface area (Å²) in [5.74, 6) is 2.65. The number of Topliss-reactive ketones (excluding diaryl/α,β-unsaturated/α-hetero) is 1. The quantitative estimate of drug-likeness (QED) is 0.264. The van der Waals surface area contributed by atoms with Gasteiger partial charge < -0.3 is 18.6 Å². The highest BCUT2D eigenvalue weighted by molar-refractivity contribution is 7.99. The molecule has 8 nitrogen and oxygen atoms in total. The number of carbonyl (C=O) groups excluding carboxylic acids is 1. The summed E-state index contributed by atoms with van der Waals surface area (Å²) in [6.07, 6.45) is 3.35. The number of carbonyl (C=O) groups is 1. The zero-order valence-corrected chi connectivity index (χ0v) is 20.8. The number of para-hydroxylation sites is 2. The molecule has 0 bridgehead atoms. The lowest BCUT2D eigenvalue weighted by Gasteiger charge is -2.27. The van der Waals surface area contributed by atoms with Crippen molar-refractivity contribution in [3.8, 4) is 22.9 Å². The van der Waals surface area contributed by atoms with Crippen LogP contribution in [0.5, 0.6) is 11.5 Å². The summed E-state index contributed by atoms with van der Waals surface area (Å²) < 4.78 is 16.1. The minimum Gasteiger partial charge on any atom is -0.486 e. The third-order valence-corrected chi connectivity index (χ3v) is 7.10. The zero-order valence-electron chi connectivity index (χ0n) is 20.0. The monoisotopic (exact) mass is 489 g/mol. The number of aromatic nitrogens is 5. The van der Waals surface area contributed by atoms with Crippen LogP contribution in [-0.4, -0.2) is 48.6 Å². The predicted molar refractivity (Wildman–Crippen MR) is 134 cm³/mol. The summed E-state index contributed by atoms with van der Waals surface area (Å²) in [5.41, 5.74) is 3.64. The Balaban J connectivity index is 1.27. The van der Waals surface area contributed by atoms with Gasteiger partial charge in [0.25, 0.3) is 0 Å². The third-order valence-electron chi connectivity index (χ3n) is 6.13. The molecular formula is C26H27N5O3S. The van der Waals surface area contributed by atoms with E-state index in [0.29, 0.717) is 19.7 Å². The number of nitrogens with zero attached hydrogens (tertiary/aromatic N) is 5. The molecule has 0 radical (unpaired) electrons. The molecule has 0 saturated carbocycles. The van der Waals surface area contributed by atoms with Gasteiger partial charge in [-0.1, -0.05) is 23.9 Å². The average Bonchev–Trinajstić information content (AvgIpc) is 3.43. The van der Waals surface area contributed by atoms with E-state index in [0.717, 1.165) is 45.0 Å². The summed E-state index contributed by atoms with van der Waals surface area (Å²) in [4.78, 5) is 17.2. The van der Waals surface area contributed by atoms with Gasteiger partial charge in [0.15, 0.2) is 34.4 Å². The first-order valence-electron chi connectivity index (χ1n) is 11.6. The molecule has 1 aliphatic heterocycles. The molecule has 0 amide bonds. The van der Waals surface area contributed by atoms with Gasteiger partial charge in [0, 0.05) is 41.5 Å². The maximum Gasteiger partial charge on any atom is 0.191 e. The van der Waals surface area contributed by atoms with Crippen LogP contribution >= 0.6 is 11.8 Å². The van der Waals surface area contributed by atoms with Crippen LogP contribution in [0.25, 0.3) is 11.4 Å². The molecule has 1 aromatic carbocycles. The van der Waals surface area contributed by atoms with E-state index in [-0.39, 0.29) is 17.6 Å². The Bertz CT molecular complexity index is 1350. The first kappa shape index (κ1) is 23.2. The summed E-state index contributed by atoms with van der Waals surface area (Å²) >= 11 is 1.41. The minimum atomic E-state index is -0.123. The van der Waals surface area contributed by atoms with E-state index in [9.17, 15) is 4.79 Å². The van der Waals surface area contributed by atoms with Crippen molar-refractivity contribution in [2.45, 2.75) is 45.1 Å². The molecule has 1 atom stereocenters. The van der Waals surface area contributed by atoms with Crippen molar-refractivity contribution in [1.82, 2.24) is 24.3 Å². The van der Waals surface area contributed by atoms with E-state index < -0.39 is 0 Å². The summed E-state index contributed by atoms with van der Waals surface area (Å²) in [6, 6.07) is 13.5. The van der Waals surface area contributed by atoms with E-state index in [1.54, 1.807) is 12.4 Å². The Morgan fingerprint density at radius 3 is 2.63 bits per heavy atom. The van der Waals surface area contributed by atoms with Crippen LogP contribution < -0.4 is 9.47 Å². The fourth-order valence-corrected chi connectivity index (χ4v) is 5.21. The molecule has 1 aliphatic rings. The number of rotatable bonds is 8. The summed E-state index contributed by atoms with van der Waals surface area (Å²) in [5, 5.41) is 9.42. The van der Waals surface area contributed by atoms with Crippen molar-refractivity contribution in [3.05, 3.63) is 71.8 Å². The van der Waals surface area contributed by atoms with Gasteiger partial charge in [0.1, 0.15) is 6.61 Å². The minimum absolute atomic E-state index is 0.0663. The molecule has 0 N–H and O–H groups in total. The summed E-state index contributed by atoms with van der Waals surface area (Å²) in [7, 11) is 0. The fourth-order valence-electron chi connectivity index (χ4n) is 4.32. The lowest BCUT2D eigenvalue weighted by Crippen LogP contribution is -2.33. The van der Waals surface area contributed by atoms with E-state index in [2.05, 4.69) is 19.7 Å². The molecule has 35 heavy (non-hydrogen) atoms. The predicted octanol–water partition coefficient (Wildman–Crippen LogP) is 4.59. The zero-order chi connectivity index (χ0) is 24.4. The number of hydrogen-bond donors (Lipinski definition) is 0. The largest absolute Gasteiger partial charge is 0.486 e. The topological polar surface area (TPSA) is 84.1 Å². The van der Waals surface area contributed by atoms with Gasteiger partial charge in [0.05, 0.1) is 12.3 Å². The molecule has 0 spiro atoms. The number of ketones is 1. The SMILES string of the molecule is CCn1c(SCC(=O)c2cc(C)n(C[C@H]3COc4ccccc4O3)c2C)nnc1-c1ccncc1. The second kappa shape index (κ2) is 9.95. The van der Waals surface area contributed by atoms with Crippen LogP contribution in [0, 0.1) is 13.8 Å². The maximum absolute atomic E-state index is 13.2. The molecule has 4 heterocycles. The lowest BCUT2D eigenvalue weighted by molar-refractivity contribution is 0.0777. The molecule has 0 unspecified atom stereocenters. The first-order valence-corrected chi connectivity index (χ1v) is 12.6. The maximum atomic E-state index is 13.2. The van der Waals surface area contributed by atoms with Crippen LogP contribution in [0.4, 0.5) is 0 Å². The van der Waals surface area contributed by atoms with Crippen molar-refractivity contribution >= 4 is 17.5 Å². The number of benzene rings is 1. The van der Waals surface area contributed by atoms with Gasteiger partial charge in [-0.15, -0.1) is 10.2 Å². The van der Waals surface area contributed by atoms with Gasteiger partial charge in [-0.2, -0.15) is 0 Å². The van der Waals surface area contributed by atoms with E-state index >= 15 is 0 Å². The first-order chi connectivity index (χ1) is 17.0. The number of hydrogen-bond acceptors (Lipinski definition) is 7. The van der Waals surface area contributed by atoms with Crippen LogP contribution in [0.15, 0.2) is 60.0 Å². The van der Waals surface area contributed by atoms with Crippen LogP contribution in [0.2, 0.25) is 0 Å². The van der Waals surface area contributed by atoms with Crippen molar-refractivity contribution < 1.29 is 14.3 Å². The van der Waals surface area contributed by atoms with E-state index in [1.165, 1.54) is 11.8 Å². The Morgan fingerprint density at radius 1 is 1.09 bits per heavy atom. The highest BCUT2D eigenvalue weighted by atomic mass is 32.2.